The summed E-state index contributed by atoms with van der Waals surface area (Å²) in [6.07, 6.45) is 2.28. The van der Waals surface area contributed by atoms with Gasteiger partial charge in [-0.1, -0.05) is 0 Å². The van der Waals surface area contributed by atoms with E-state index >= 15 is 0 Å². The predicted molar refractivity (Wildman–Crippen MR) is 99.1 cm³/mol. The van der Waals surface area contributed by atoms with Crippen LogP contribution in [0.25, 0.3) is 5.57 Å². The molecule has 119 valence electrons. The van der Waals surface area contributed by atoms with Crippen molar-refractivity contribution in [2.24, 2.45) is 0 Å². The van der Waals surface area contributed by atoms with Gasteiger partial charge in [-0.3, -0.25) is 0 Å². The van der Waals surface area contributed by atoms with Crippen LogP contribution in [0.1, 0.15) is 43.0 Å². The third kappa shape index (κ3) is 3.52. The molecule has 0 spiro atoms. The third-order valence-electron chi connectivity index (χ3n) is 4.38. The van der Waals surface area contributed by atoms with E-state index in [9.17, 15) is 0 Å². The molecule has 0 saturated carbocycles. The minimum absolute atomic E-state index is 0.0632. The van der Waals surface area contributed by atoms with E-state index in [0.717, 1.165) is 0 Å². The number of allylic oxidation sites excluding steroid dienone is 2. The van der Waals surface area contributed by atoms with Crippen molar-refractivity contribution in [2.45, 2.75) is 47.9 Å². The Morgan fingerprint density at radius 3 is 2.19 bits per heavy atom. The van der Waals surface area contributed by atoms with E-state index < -0.39 is 10.1 Å². The Balaban J connectivity index is 2.75. The molecule has 0 radical (unpaired) electrons. The van der Waals surface area contributed by atoms with Gasteiger partial charge in [-0.05, 0) is 0 Å². The Bertz CT molecular complexity index is 658. The van der Waals surface area contributed by atoms with Crippen LogP contribution >= 0.6 is 18.6 Å². The number of fused-ring (bicyclic) bond motifs is 1. The molecule has 2 rings (SSSR count). The van der Waals surface area contributed by atoms with Crippen LogP contribution in [-0.2, 0) is 10.1 Å². The molecule has 1 aromatic carbocycles. The summed E-state index contributed by atoms with van der Waals surface area (Å²) >= 11 is 0. The van der Waals surface area contributed by atoms with Gasteiger partial charge in [0.15, 0.2) is 0 Å². The Kier molecular flexibility index (Phi) is 3.16. The van der Waals surface area contributed by atoms with Crippen LogP contribution in [0.3, 0.4) is 0 Å². The van der Waals surface area contributed by atoms with Gasteiger partial charge in [0.1, 0.15) is 0 Å². The van der Waals surface area contributed by atoms with Crippen molar-refractivity contribution < 1.29 is 10.1 Å². The first kappa shape index (κ1) is 17.8. The van der Waals surface area contributed by atoms with Crippen LogP contribution in [0.5, 0.6) is 0 Å². The summed E-state index contributed by atoms with van der Waals surface area (Å²) in [5, 5.41) is 4.27. The summed E-state index contributed by atoms with van der Waals surface area (Å²) in [5.41, 5.74) is 3.69. The molecule has 21 heavy (non-hydrogen) atoms. The second kappa shape index (κ2) is 3.74. The van der Waals surface area contributed by atoms with Crippen molar-refractivity contribution in [2.75, 3.05) is 0 Å². The Morgan fingerprint density at radius 1 is 1.14 bits per heavy atom. The predicted octanol–water partition coefficient (Wildman–Crippen LogP) is 4.89. The zero-order chi connectivity index (χ0) is 16.4. The zero-order valence-electron chi connectivity index (χ0n) is 14.2. The fourth-order valence-corrected chi connectivity index (χ4v) is 22.4. The number of nitrogens with one attached hydrogen (secondary N) is 1. The van der Waals surface area contributed by atoms with Gasteiger partial charge in [0.2, 0.25) is 0 Å². The molecule has 1 N–H and O–H groups in total. The topological polar surface area (TPSA) is 12.0 Å². The summed E-state index contributed by atoms with van der Waals surface area (Å²) in [7, 11) is 10.9. The van der Waals surface area contributed by atoms with Crippen LogP contribution in [-0.4, -0.2) is 13.6 Å². The number of benzene rings is 1. The molecule has 1 unspecified atom stereocenters. The van der Waals surface area contributed by atoms with Gasteiger partial charge in [0, 0.05) is 0 Å². The normalized spacial score (nSPS) is 24.5. The summed E-state index contributed by atoms with van der Waals surface area (Å²) in [5.74, 6) is 0. The van der Waals surface area contributed by atoms with Crippen molar-refractivity contribution >= 4 is 32.3 Å². The van der Waals surface area contributed by atoms with E-state index in [1.54, 1.807) is 0 Å². The SMILES string of the molecule is CC1=C[CH]([Ti]([CH3])([CH3])([SiH3])([Cl])([Cl])[NH]C(C)(C)C)c2ccccc21. The summed E-state index contributed by atoms with van der Waals surface area (Å²) in [6.45, 7) is 8.58. The summed E-state index contributed by atoms with van der Waals surface area (Å²) in [4.78, 5) is 0. The average Bonchev–Trinajstić information content (AvgIpc) is 2.52. The number of hydrogen-bond acceptors (Lipinski definition) is 1. The van der Waals surface area contributed by atoms with Gasteiger partial charge in [0.25, 0.3) is 0 Å². The molecule has 1 nitrogen and oxygen atoms in total. The molecule has 1 atom stereocenters. The Morgan fingerprint density at radius 2 is 1.67 bits per heavy atom. The second-order valence-electron chi connectivity index (χ2n) is 10.2. The van der Waals surface area contributed by atoms with Crippen molar-refractivity contribution in [3.63, 3.8) is 0 Å². The van der Waals surface area contributed by atoms with E-state index in [2.05, 4.69) is 72.3 Å². The van der Waals surface area contributed by atoms with E-state index in [1.807, 2.05) is 0 Å². The van der Waals surface area contributed by atoms with Gasteiger partial charge in [-0.25, -0.2) is 0 Å². The quantitative estimate of drug-likeness (QED) is 0.720. The molecule has 0 aliphatic heterocycles. The fourth-order valence-electron chi connectivity index (χ4n) is 4.28. The Hall–Kier alpha value is 0.431. The molecule has 5 heteroatoms. The maximum absolute atomic E-state index is 7.54. The van der Waals surface area contributed by atoms with E-state index in [0.29, 0.717) is 8.11 Å². The molecule has 0 saturated heterocycles. The van der Waals surface area contributed by atoms with Crippen LogP contribution < -0.4 is 3.80 Å². The number of hydrogen-bond donors (Lipinski definition) is 1. The van der Waals surface area contributed by atoms with Gasteiger partial charge in [0.05, 0.1) is 0 Å². The first-order chi connectivity index (χ1) is 8.94. The van der Waals surface area contributed by atoms with Crippen LogP contribution in [0.15, 0.2) is 30.3 Å². The molecule has 0 fully saturated rings. The molecule has 1 aliphatic carbocycles. The van der Waals surface area contributed by atoms with Gasteiger partial charge >= 0.3 is 136 Å². The van der Waals surface area contributed by atoms with Crippen molar-refractivity contribution in [3.8, 4) is 0 Å². The third-order valence-corrected chi connectivity index (χ3v) is 18.4. The average molecular weight is 381 g/mol. The van der Waals surface area contributed by atoms with Crippen LogP contribution in [0, 0.1) is 0 Å². The molecule has 1 aliphatic rings. The molecular formula is C16H28Cl2NSiTi. The summed E-state index contributed by atoms with van der Waals surface area (Å²) in [6, 6.07) is 8.50. The molecule has 1 aromatic rings. The fraction of sp³-hybridized carbons (Fsp3) is 0.500. The Labute approximate surface area is 135 Å². The monoisotopic (exact) mass is 380 g/mol. The van der Waals surface area contributed by atoms with Gasteiger partial charge < -0.3 is 0 Å². The summed E-state index contributed by atoms with van der Waals surface area (Å²) < 4.78 is 3.82. The van der Waals surface area contributed by atoms with Crippen molar-refractivity contribution in [1.29, 1.82) is 0 Å². The second-order valence-corrected chi connectivity index (χ2v) is 63.8. The van der Waals surface area contributed by atoms with Crippen LogP contribution in [0.2, 0.25) is 10.5 Å². The minimum atomic E-state index is -4.89. The number of rotatable bonds is 2. The molecule has 0 aromatic heterocycles. The standard InChI is InChI=1S/C10H9.C4H10N.2CH3.2ClH.H3Si.Ti/c1-8-6-7-9-4-2-3-5-10(8)9;1-4(2,3)5;;;;;;/h2-7H,1H3;5H,1-3H3;2*1H3;2*1H;1H3;/q;-1;;;;;;+3/p-2. The number of halogens is 2. The van der Waals surface area contributed by atoms with Gasteiger partial charge in [-0.2, -0.15) is 0 Å². The van der Waals surface area contributed by atoms with E-state index in [1.165, 1.54) is 16.7 Å². The maximum atomic E-state index is 7.54. The first-order valence-electron chi connectivity index (χ1n) is 7.65. The molecular weight excluding hydrogens is 353 g/mol. The zero-order valence-corrected chi connectivity index (χ0v) is 19.3. The van der Waals surface area contributed by atoms with Gasteiger partial charge in [-0.15, -0.1) is 0 Å². The van der Waals surface area contributed by atoms with Crippen molar-refractivity contribution in [3.05, 3.63) is 41.5 Å². The van der Waals surface area contributed by atoms with Crippen molar-refractivity contribution in [1.82, 2.24) is 3.80 Å². The molecule has 0 heterocycles. The van der Waals surface area contributed by atoms with Crippen LogP contribution in [0.4, 0.5) is 0 Å². The van der Waals surface area contributed by atoms with E-state index in [4.69, 9.17) is 18.6 Å². The first-order valence-corrected chi connectivity index (χ1v) is 22.4. The molecule has 0 bridgehead atoms. The van der Waals surface area contributed by atoms with E-state index in [-0.39, 0.29) is 9.76 Å². The molecule has 0 amide bonds.